The van der Waals surface area contributed by atoms with E-state index < -0.39 is 22.7 Å². The first-order valence-electron chi connectivity index (χ1n) is 8.44. The minimum Gasteiger partial charge on any atom is -0.478 e. The van der Waals surface area contributed by atoms with Crippen LogP contribution < -0.4 is 10.2 Å². The monoisotopic (exact) mass is 423 g/mol. The van der Waals surface area contributed by atoms with Crippen molar-refractivity contribution < 1.29 is 24.4 Å². The number of hydrogen-bond donors (Lipinski definition) is 2. The molecular weight excluding hydrogens is 410 g/mol. The Morgan fingerprint density at radius 3 is 2.43 bits per heavy atom. The van der Waals surface area contributed by atoms with Gasteiger partial charge in [-0.05, 0) is 54.7 Å². The Kier molecular flexibility index (Phi) is 5.79. The van der Waals surface area contributed by atoms with E-state index in [1.165, 1.54) is 60.7 Å². The predicted molar refractivity (Wildman–Crippen MR) is 112 cm³/mol. The van der Waals surface area contributed by atoms with Crippen molar-refractivity contribution in [1.82, 2.24) is 5.32 Å². The van der Waals surface area contributed by atoms with E-state index in [1.807, 2.05) is 0 Å². The molecule has 0 bridgehead atoms. The molecule has 9 nitrogen and oxygen atoms in total. The topological polar surface area (TPSA) is 130 Å². The van der Waals surface area contributed by atoms with Crippen LogP contribution in [0, 0.1) is 10.1 Å². The van der Waals surface area contributed by atoms with Crippen molar-refractivity contribution in [2.45, 2.75) is 0 Å². The van der Waals surface area contributed by atoms with Gasteiger partial charge < -0.3 is 5.11 Å². The van der Waals surface area contributed by atoms with Gasteiger partial charge in [0.15, 0.2) is 5.11 Å². The maximum atomic E-state index is 12.8. The molecule has 0 atom stereocenters. The first-order chi connectivity index (χ1) is 14.3. The zero-order chi connectivity index (χ0) is 21.8. The van der Waals surface area contributed by atoms with Crippen molar-refractivity contribution in [3.05, 3.63) is 87.5 Å². The molecule has 1 aliphatic heterocycles. The summed E-state index contributed by atoms with van der Waals surface area (Å²) >= 11 is 5.07. The van der Waals surface area contributed by atoms with E-state index in [-0.39, 0.29) is 27.6 Å². The van der Waals surface area contributed by atoms with Crippen molar-refractivity contribution >= 4 is 52.6 Å². The Morgan fingerprint density at radius 1 is 1.13 bits per heavy atom. The van der Waals surface area contributed by atoms with E-state index in [0.717, 1.165) is 4.90 Å². The Balaban J connectivity index is 1.90. The number of aromatic carboxylic acids is 1. The maximum Gasteiger partial charge on any atom is 0.335 e. The summed E-state index contributed by atoms with van der Waals surface area (Å²) in [6.45, 7) is 0. The quantitative estimate of drug-likeness (QED) is 0.249. The molecule has 3 rings (SSSR count). The van der Waals surface area contributed by atoms with E-state index in [0.29, 0.717) is 5.56 Å². The van der Waals surface area contributed by atoms with Crippen LogP contribution in [0.1, 0.15) is 15.9 Å². The van der Waals surface area contributed by atoms with E-state index in [9.17, 15) is 24.5 Å². The molecule has 1 saturated heterocycles. The Bertz CT molecular complexity index is 1140. The number of nitrogens with zero attached hydrogens (tertiary/aromatic N) is 2. The van der Waals surface area contributed by atoms with Crippen molar-refractivity contribution in [2.75, 3.05) is 4.90 Å². The highest BCUT2D eigenvalue weighted by atomic mass is 32.1. The second-order valence-electron chi connectivity index (χ2n) is 6.01. The van der Waals surface area contributed by atoms with E-state index in [4.69, 9.17) is 17.3 Å². The average molecular weight is 423 g/mol. The van der Waals surface area contributed by atoms with Gasteiger partial charge in [0.2, 0.25) is 0 Å². The van der Waals surface area contributed by atoms with Crippen LogP contribution in [0.2, 0.25) is 0 Å². The smallest absolute Gasteiger partial charge is 0.335 e. The number of nitro benzene ring substituents is 1. The number of amides is 2. The Morgan fingerprint density at radius 2 is 1.80 bits per heavy atom. The molecule has 0 radical (unpaired) electrons. The number of nitrogens with one attached hydrogen (secondary N) is 1. The first kappa shape index (κ1) is 20.6. The van der Waals surface area contributed by atoms with Gasteiger partial charge in [-0.25, -0.2) is 4.79 Å². The number of carbonyl (C=O) groups excluding carboxylic acids is 2. The lowest BCUT2D eigenvalue weighted by atomic mass is 10.1. The number of anilines is 1. The van der Waals surface area contributed by atoms with Gasteiger partial charge in [0.25, 0.3) is 17.5 Å². The SMILES string of the molecule is O=C1NC(=S)N(c2ccc(C(=O)O)cc2)C(=O)/C1=C/C=C/c1ccccc1[N+](=O)[O-]. The van der Waals surface area contributed by atoms with Crippen molar-refractivity contribution in [3.63, 3.8) is 0 Å². The summed E-state index contributed by atoms with van der Waals surface area (Å²) in [7, 11) is 0. The highest BCUT2D eigenvalue weighted by Crippen LogP contribution is 2.22. The molecule has 0 aromatic heterocycles. The number of para-hydroxylation sites is 1. The van der Waals surface area contributed by atoms with Gasteiger partial charge >= 0.3 is 5.97 Å². The molecular formula is C20H13N3O6S. The Labute approximate surface area is 175 Å². The van der Waals surface area contributed by atoms with Gasteiger partial charge in [0.1, 0.15) is 5.57 Å². The number of carbonyl (C=O) groups is 3. The standard InChI is InChI=1S/C20H13N3O6S/c24-17-15(6-3-5-12-4-1-2-7-16(12)23(28)29)18(25)22(20(30)21-17)14-10-8-13(9-11-14)19(26)27/h1-11H,(H,26,27)(H,21,24,30)/b5-3+,15-6+. The van der Waals surface area contributed by atoms with Crippen LogP contribution in [-0.2, 0) is 9.59 Å². The summed E-state index contributed by atoms with van der Waals surface area (Å²) in [5.74, 6) is -2.54. The average Bonchev–Trinajstić information content (AvgIpc) is 2.70. The second-order valence-corrected chi connectivity index (χ2v) is 6.39. The van der Waals surface area contributed by atoms with E-state index >= 15 is 0 Å². The molecule has 0 unspecified atom stereocenters. The number of thiocarbonyl (C=S) groups is 1. The fraction of sp³-hybridized carbons (Fsp3) is 0. The van der Waals surface area contributed by atoms with Crippen LogP contribution in [0.15, 0.2) is 66.3 Å². The molecule has 1 fully saturated rings. The summed E-state index contributed by atoms with van der Waals surface area (Å²) in [6, 6.07) is 11.4. The molecule has 2 N–H and O–H groups in total. The van der Waals surface area contributed by atoms with Gasteiger partial charge in [-0.2, -0.15) is 0 Å². The molecule has 0 spiro atoms. The van der Waals surface area contributed by atoms with Crippen LogP contribution >= 0.6 is 12.2 Å². The number of nitro groups is 1. The molecule has 10 heteroatoms. The normalized spacial score (nSPS) is 15.5. The molecule has 1 aliphatic rings. The molecule has 0 saturated carbocycles. The lowest BCUT2D eigenvalue weighted by Gasteiger charge is -2.28. The molecule has 0 aliphatic carbocycles. The van der Waals surface area contributed by atoms with Gasteiger partial charge in [-0.15, -0.1) is 0 Å². The minimum absolute atomic E-state index is 0.0290. The van der Waals surface area contributed by atoms with E-state index in [1.54, 1.807) is 6.07 Å². The number of carboxylic acid groups (broad SMARTS) is 1. The number of allylic oxidation sites excluding steroid dienone is 2. The fourth-order valence-electron chi connectivity index (χ4n) is 2.71. The largest absolute Gasteiger partial charge is 0.478 e. The van der Waals surface area contributed by atoms with Crippen molar-refractivity contribution in [3.8, 4) is 0 Å². The van der Waals surface area contributed by atoms with Gasteiger partial charge in [-0.1, -0.05) is 18.2 Å². The summed E-state index contributed by atoms with van der Waals surface area (Å²) in [4.78, 5) is 47.6. The predicted octanol–water partition coefficient (Wildman–Crippen LogP) is 2.68. The molecule has 2 aromatic rings. The van der Waals surface area contributed by atoms with Crippen LogP contribution in [0.4, 0.5) is 11.4 Å². The van der Waals surface area contributed by atoms with Crippen molar-refractivity contribution in [1.29, 1.82) is 0 Å². The third-order valence-electron chi connectivity index (χ3n) is 4.15. The van der Waals surface area contributed by atoms with E-state index in [2.05, 4.69) is 5.32 Å². The number of rotatable bonds is 5. The van der Waals surface area contributed by atoms with Gasteiger partial charge in [0, 0.05) is 6.07 Å². The summed E-state index contributed by atoms with van der Waals surface area (Å²) in [5, 5.41) is 22.3. The maximum absolute atomic E-state index is 12.8. The van der Waals surface area contributed by atoms with Crippen LogP contribution in [0.5, 0.6) is 0 Å². The van der Waals surface area contributed by atoms with Gasteiger partial charge in [-0.3, -0.25) is 29.9 Å². The van der Waals surface area contributed by atoms with Crippen molar-refractivity contribution in [2.24, 2.45) is 0 Å². The number of benzene rings is 2. The lowest BCUT2D eigenvalue weighted by Crippen LogP contribution is -2.54. The molecule has 2 aromatic carbocycles. The Hall–Kier alpha value is -4.18. The summed E-state index contributed by atoms with van der Waals surface area (Å²) < 4.78 is 0. The molecule has 2 amide bonds. The minimum atomic E-state index is -1.12. The van der Waals surface area contributed by atoms with Gasteiger partial charge in [0.05, 0.1) is 21.7 Å². The van der Waals surface area contributed by atoms with Crippen LogP contribution in [-0.4, -0.2) is 32.9 Å². The zero-order valence-electron chi connectivity index (χ0n) is 15.1. The summed E-state index contributed by atoms with van der Waals surface area (Å²) in [5.41, 5.74) is 0.262. The highest BCUT2D eigenvalue weighted by molar-refractivity contribution is 7.80. The highest BCUT2D eigenvalue weighted by Gasteiger charge is 2.34. The third-order valence-corrected chi connectivity index (χ3v) is 4.43. The fourth-order valence-corrected chi connectivity index (χ4v) is 2.99. The molecule has 150 valence electrons. The lowest BCUT2D eigenvalue weighted by molar-refractivity contribution is -0.385. The zero-order valence-corrected chi connectivity index (χ0v) is 16.0. The summed E-state index contributed by atoms with van der Waals surface area (Å²) in [6.07, 6.45) is 3.99. The number of hydrogen-bond acceptors (Lipinski definition) is 6. The third kappa shape index (κ3) is 4.13. The first-order valence-corrected chi connectivity index (χ1v) is 8.85. The number of carboxylic acids is 1. The van der Waals surface area contributed by atoms with Crippen LogP contribution in [0.3, 0.4) is 0 Å². The molecule has 1 heterocycles. The second kappa shape index (κ2) is 8.45. The molecule has 30 heavy (non-hydrogen) atoms. The van der Waals surface area contributed by atoms with Crippen LogP contribution in [0.25, 0.3) is 6.08 Å².